The molecule has 0 spiro atoms. The Bertz CT molecular complexity index is 621. The zero-order chi connectivity index (χ0) is 16.1. The summed E-state index contributed by atoms with van der Waals surface area (Å²) in [7, 11) is 4.78. The minimum atomic E-state index is 0.282. The van der Waals surface area contributed by atoms with E-state index < -0.39 is 0 Å². The quantitative estimate of drug-likeness (QED) is 0.849. The number of nitrogens with two attached hydrogens (primary N) is 1. The van der Waals surface area contributed by atoms with Crippen LogP contribution in [0.1, 0.15) is 25.0 Å². The molecule has 2 N–H and O–H groups in total. The number of benzene rings is 1. The van der Waals surface area contributed by atoms with E-state index >= 15 is 0 Å². The molecule has 120 valence electrons. The highest BCUT2D eigenvalue weighted by Gasteiger charge is 2.20. The molecule has 2 rings (SSSR count). The fourth-order valence-electron chi connectivity index (χ4n) is 2.45. The van der Waals surface area contributed by atoms with Crippen molar-refractivity contribution in [1.29, 1.82) is 0 Å². The van der Waals surface area contributed by atoms with Crippen molar-refractivity contribution in [2.24, 2.45) is 5.73 Å². The van der Waals surface area contributed by atoms with E-state index in [-0.39, 0.29) is 5.92 Å². The average Bonchev–Trinajstić information content (AvgIpc) is 3.03. The minimum Gasteiger partial charge on any atom is -0.493 e. The highest BCUT2D eigenvalue weighted by molar-refractivity contribution is 5.73. The highest BCUT2D eigenvalue weighted by atomic mass is 16.5. The molecule has 1 aromatic carbocycles. The second kappa shape index (κ2) is 7.22. The number of rotatable bonds is 7. The molecular weight excluding hydrogens is 282 g/mol. The highest BCUT2D eigenvalue weighted by Crippen LogP contribution is 2.44. The largest absolute Gasteiger partial charge is 0.493 e. The number of ether oxygens (including phenoxy) is 3. The summed E-state index contributed by atoms with van der Waals surface area (Å²) in [5, 5.41) is 0. The third-order valence-electron chi connectivity index (χ3n) is 3.68. The molecule has 1 unspecified atom stereocenters. The van der Waals surface area contributed by atoms with Crippen LogP contribution < -0.4 is 19.9 Å². The summed E-state index contributed by atoms with van der Waals surface area (Å²) in [4.78, 5) is 0. The van der Waals surface area contributed by atoms with E-state index in [1.165, 1.54) is 0 Å². The summed E-state index contributed by atoms with van der Waals surface area (Å²) in [6.45, 7) is 2.73. The molecule has 0 bridgehead atoms. The normalized spacial score (nSPS) is 12.0. The third kappa shape index (κ3) is 3.04. The lowest BCUT2D eigenvalue weighted by Gasteiger charge is -2.14. The van der Waals surface area contributed by atoms with E-state index in [1.807, 2.05) is 24.3 Å². The lowest BCUT2D eigenvalue weighted by Crippen LogP contribution is -2.03. The fraction of sp³-hybridized carbons (Fsp3) is 0.412. The molecular formula is C17H23NO4. The van der Waals surface area contributed by atoms with Gasteiger partial charge in [-0.2, -0.15) is 0 Å². The average molecular weight is 305 g/mol. The monoisotopic (exact) mass is 305 g/mol. The molecule has 22 heavy (non-hydrogen) atoms. The van der Waals surface area contributed by atoms with Crippen LogP contribution in [0.3, 0.4) is 0 Å². The van der Waals surface area contributed by atoms with E-state index in [9.17, 15) is 0 Å². The van der Waals surface area contributed by atoms with Crippen molar-refractivity contribution in [2.45, 2.75) is 19.3 Å². The van der Waals surface area contributed by atoms with Gasteiger partial charge in [0.25, 0.3) is 0 Å². The standard InChI is InChI=1S/C17H23NO4/c1-11(9-10-18)13-7-8-14(22-13)12-5-6-15(19-2)17(21-4)16(12)20-3/h5-8,11H,9-10,18H2,1-4H3. The lowest BCUT2D eigenvalue weighted by atomic mass is 10.1. The van der Waals surface area contributed by atoms with Crippen LogP contribution in [0.15, 0.2) is 28.7 Å². The van der Waals surface area contributed by atoms with Gasteiger partial charge in [-0.1, -0.05) is 6.92 Å². The molecule has 1 heterocycles. The van der Waals surface area contributed by atoms with Crippen LogP contribution in [0.25, 0.3) is 11.3 Å². The summed E-state index contributed by atoms with van der Waals surface area (Å²) in [5.74, 6) is 3.69. The van der Waals surface area contributed by atoms with E-state index in [2.05, 4.69) is 6.92 Å². The predicted octanol–water partition coefficient (Wildman–Crippen LogP) is 3.42. The fourth-order valence-corrected chi connectivity index (χ4v) is 2.45. The molecule has 0 aliphatic carbocycles. The molecule has 0 aliphatic heterocycles. The summed E-state index contributed by atoms with van der Waals surface area (Å²) >= 11 is 0. The summed E-state index contributed by atoms with van der Waals surface area (Å²) in [5.41, 5.74) is 6.43. The number of hydrogen-bond donors (Lipinski definition) is 1. The third-order valence-corrected chi connectivity index (χ3v) is 3.68. The van der Waals surface area contributed by atoms with Gasteiger partial charge in [0.15, 0.2) is 11.5 Å². The summed E-state index contributed by atoms with van der Waals surface area (Å²) in [6.07, 6.45) is 0.885. The molecule has 0 saturated carbocycles. The van der Waals surface area contributed by atoms with E-state index in [4.69, 9.17) is 24.4 Å². The van der Waals surface area contributed by atoms with Crippen molar-refractivity contribution in [3.05, 3.63) is 30.0 Å². The molecule has 0 amide bonds. The first kappa shape index (κ1) is 16.2. The number of hydrogen-bond acceptors (Lipinski definition) is 5. The van der Waals surface area contributed by atoms with Crippen molar-refractivity contribution in [3.8, 4) is 28.6 Å². The van der Waals surface area contributed by atoms with Crippen LogP contribution in [-0.4, -0.2) is 27.9 Å². The Morgan fingerprint density at radius 1 is 1.00 bits per heavy atom. The van der Waals surface area contributed by atoms with Gasteiger partial charge in [0.05, 0.1) is 26.9 Å². The molecule has 1 atom stereocenters. The van der Waals surface area contributed by atoms with Crippen LogP contribution in [0.2, 0.25) is 0 Å². The van der Waals surface area contributed by atoms with Crippen LogP contribution in [-0.2, 0) is 0 Å². The van der Waals surface area contributed by atoms with Crippen molar-refractivity contribution in [1.82, 2.24) is 0 Å². The molecule has 2 aromatic rings. The van der Waals surface area contributed by atoms with Gasteiger partial charge in [-0.05, 0) is 37.2 Å². The first-order chi connectivity index (χ1) is 10.7. The minimum absolute atomic E-state index is 0.282. The van der Waals surface area contributed by atoms with Crippen molar-refractivity contribution in [2.75, 3.05) is 27.9 Å². The first-order valence-electron chi connectivity index (χ1n) is 7.25. The second-order valence-corrected chi connectivity index (χ2v) is 5.06. The van der Waals surface area contributed by atoms with Gasteiger partial charge in [0.1, 0.15) is 11.5 Å². The number of furan rings is 1. The van der Waals surface area contributed by atoms with E-state index in [0.29, 0.717) is 23.8 Å². The second-order valence-electron chi connectivity index (χ2n) is 5.06. The van der Waals surface area contributed by atoms with Crippen molar-refractivity contribution in [3.63, 3.8) is 0 Å². The Labute approximate surface area is 131 Å². The van der Waals surface area contributed by atoms with Gasteiger partial charge in [-0.25, -0.2) is 0 Å². The van der Waals surface area contributed by atoms with E-state index in [0.717, 1.165) is 23.5 Å². The first-order valence-corrected chi connectivity index (χ1v) is 7.25. The SMILES string of the molecule is COc1ccc(-c2ccc(C(C)CCN)o2)c(OC)c1OC. The Morgan fingerprint density at radius 3 is 2.32 bits per heavy atom. The molecule has 0 fully saturated rings. The Morgan fingerprint density at radius 2 is 1.73 bits per heavy atom. The van der Waals surface area contributed by atoms with Crippen LogP contribution in [0.4, 0.5) is 0 Å². The Balaban J connectivity index is 2.44. The maximum Gasteiger partial charge on any atom is 0.204 e. The van der Waals surface area contributed by atoms with Gasteiger partial charge in [0.2, 0.25) is 5.75 Å². The smallest absolute Gasteiger partial charge is 0.204 e. The topological polar surface area (TPSA) is 66.9 Å². The molecule has 0 saturated heterocycles. The van der Waals surface area contributed by atoms with Crippen LogP contribution >= 0.6 is 0 Å². The van der Waals surface area contributed by atoms with Gasteiger partial charge >= 0.3 is 0 Å². The summed E-state index contributed by atoms with van der Waals surface area (Å²) < 4.78 is 22.2. The molecule has 5 nitrogen and oxygen atoms in total. The maximum absolute atomic E-state index is 5.97. The summed E-state index contributed by atoms with van der Waals surface area (Å²) in [6, 6.07) is 7.65. The van der Waals surface area contributed by atoms with Crippen LogP contribution in [0, 0.1) is 0 Å². The Kier molecular flexibility index (Phi) is 5.33. The molecule has 1 aromatic heterocycles. The van der Waals surface area contributed by atoms with Gasteiger partial charge < -0.3 is 24.4 Å². The van der Waals surface area contributed by atoms with Gasteiger partial charge in [0, 0.05) is 5.92 Å². The van der Waals surface area contributed by atoms with Gasteiger partial charge in [-0.3, -0.25) is 0 Å². The van der Waals surface area contributed by atoms with Gasteiger partial charge in [-0.15, -0.1) is 0 Å². The predicted molar refractivity (Wildman–Crippen MR) is 85.9 cm³/mol. The van der Waals surface area contributed by atoms with Crippen molar-refractivity contribution < 1.29 is 18.6 Å². The van der Waals surface area contributed by atoms with E-state index in [1.54, 1.807) is 21.3 Å². The van der Waals surface area contributed by atoms with Crippen LogP contribution in [0.5, 0.6) is 17.2 Å². The van der Waals surface area contributed by atoms with Crippen molar-refractivity contribution >= 4 is 0 Å². The zero-order valence-electron chi connectivity index (χ0n) is 13.5. The maximum atomic E-state index is 5.97. The molecule has 0 aliphatic rings. The Hall–Kier alpha value is -2.14. The zero-order valence-corrected chi connectivity index (χ0v) is 13.5. The number of methoxy groups -OCH3 is 3. The lowest BCUT2D eigenvalue weighted by molar-refractivity contribution is 0.324. The molecule has 5 heteroatoms. The molecule has 0 radical (unpaired) electrons.